The summed E-state index contributed by atoms with van der Waals surface area (Å²) < 4.78 is 5.36. The Bertz CT molecular complexity index is 542. The molecule has 34 heavy (non-hydrogen) atoms. The number of carbonyl (C=O) groups excluding carboxylic acids is 1. The Labute approximate surface area is 210 Å². The van der Waals surface area contributed by atoms with Crippen LogP contribution in [0.3, 0.4) is 0 Å². The Balaban J connectivity index is 1.80. The van der Waals surface area contributed by atoms with E-state index in [1.807, 2.05) is 12.2 Å². The van der Waals surface area contributed by atoms with Crippen LogP contribution in [0, 0.1) is 17.8 Å². The van der Waals surface area contributed by atoms with E-state index in [1.54, 1.807) is 0 Å². The fourth-order valence-electron chi connectivity index (χ4n) is 4.90. The molecule has 3 atom stereocenters. The number of allylic oxidation sites excluding steroid dienone is 2. The van der Waals surface area contributed by atoms with Crippen molar-refractivity contribution in [2.75, 3.05) is 6.61 Å². The zero-order valence-corrected chi connectivity index (χ0v) is 22.4. The lowest BCUT2D eigenvalue weighted by Gasteiger charge is -2.23. The van der Waals surface area contributed by atoms with Gasteiger partial charge in [0.2, 0.25) is 0 Å². The van der Waals surface area contributed by atoms with E-state index in [1.165, 1.54) is 103 Å². The van der Waals surface area contributed by atoms with Gasteiger partial charge in [-0.3, -0.25) is 9.59 Å². The van der Waals surface area contributed by atoms with Crippen LogP contribution >= 0.6 is 0 Å². The van der Waals surface area contributed by atoms with Crippen molar-refractivity contribution in [3.63, 3.8) is 0 Å². The van der Waals surface area contributed by atoms with Crippen LogP contribution in [0.4, 0.5) is 0 Å². The SMILES string of the molecule is CCC(C)CCCCCCCCCCCCCCCCCCOC(=O)C1CC=CCC1C(=O)O. The average molecular weight is 479 g/mol. The first-order valence-corrected chi connectivity index (χ1v) is 14.6. The van der Waals surface area contributed by atoms with Gasteiger partial charge in [0.15, 0.2) is 0 Å². The van der Waals surface area contributed by atoms with Gasteiger partial charge in [-0.2, -0.15) is 0 Å². The molecule has 1 rings (SSSR count). The second-order valence-corrected chi connectivity index (χ2v) is 10.6. The molecular formula is C30H54O4. The largest absolute Gasteiger partial charge is 0.481 e. The van der Waals surface area contributed by atoms with Gasteiger partial charge in [-0.1, -0.05) is 135 Å². The number of carboxylic acid groups (broad SMARTS) is 1. The van der Waals surface area contributed by atoms with Gasteiger partial charge in [-0.15, -0.1) is 0 Å². The standard InChI is InChI=1S/C30H54O4/c1-3-26(2)22-18-16-14-12-10-8-6-4-5-7-9-11-13-15-17-21-25-34-30(33)28-24-20-19-23-27(28)29(31)32/h19-20,26-28H,3-18,21-25H2,1-2H3,(H,31,32). The highest BCUT2D eigenvalue weighted by Gasteiger charge is 2.34. The van der Waals surface area contributed by atoms with Crippen molar-refractivity contribution in [3.8, 4) is 0 Å². The Hall–Kier alpha value is -1.32. The second-order valence-electron chi connectivity index (χ2n) is 10.6. The van der Waals surface area contributed by atoms with Crippen molar-refractivity contribution in [1.29, 1.82) is 0 Å². The molecule has 0 radical (unpaired) electrons. The average Bonchev–Trinajstić information content (AvgIpc) is 2.84. The molecule has 4 nitrogen and oxygen atoms in total. The molecule has 0 heterocycles. The fourth-order valence-corrected chi connectivity index (χ4v) is 4.90. The van der Waals surface area contributed by atoms with E-state index in [-0.39, 0.29) is 5.97 Å². The number of hydrogen-bond donors (Lipinski definition) is 1. The summed E-state index contributed by atoms with van der Waals surface area (Å²) in [6.45, 7) is 5.09. The van der Waals surface area contributed by atoms with Crippen LogP contribution in [-0.2, 0) is 14.3 Å². The topological polar surface area (TPSA) is 63.6 Å². The Kier molecular flexibility index (Phi) is 19.0. The van der Waals surface area contributed by atoms with Gasteiger partial charge in [0.1, 0.15) is 0 Å². The van der Waals surface area contributed by atoms with Crippen molar-refractivity contribution in [2.24, 2.45) is 17.8 Å². The lowest BCUT2D eigenvalue weighted by atomic mass is 9.83. The molecule has 4 heteroatoms. The maximum atomic E-state index is 12.2. The third-order valence-corrected chi connectivity index (χ3v) is 7.58. The van der Waals surface area contributed by atoms with Crippen LogP contribution in [-0.4, -0.2) is 23.7 Å². The Morgan fingerprint density at radius 3 is 1.59 bits per heavy atom. The van der Waals surface area contributed by atoms with Crippen molar-refractivity contribution < 1.29 is 19.4 Å². The van der Waals surface area contributed by atoms with E-state index in [9.17, 15) is 14.7 Å². The van der Waals surface area contributed by atoms with E-state index in [4.69, 9.17) is 4.74 Å². The maximum Gasteiger partial charge on any atom is 0.310 e. The molecule has 0 saturated heterocycles. The third kappa shape index (κ3) is 15.6. The Morgan fingerprint density at radius 1 is 0.735 bits per heavy atom. The van der Waals surface area contributed by atoms with Gasteiger partial charge >= 0.3 is 11.9 Å². The zero-order valence-electron chi connectivity index (χ0n) is 22.4. The van der Waals surface area contributed by atoms with Gasteiger partial charge in [-0.25, -0.2) is 0 Å². The number of hydrogen-bond acceptors (Lipinski definition) is 3. The predicted molar refractivity (Wildman–Crippen MR) is 142 cm³/mol. The van der Waals surface area contributed by atoms with Crippen LogP contribution in [0.15, 0.2) is 12.2 Å². The molecular weight excluding hydrogens is 424 g/mol. The predicted octanol–water partition coefficient (Wildman–Crippen LogP) is 8.87. The van der Waals surface area contributed by atoms with Crippen molar-refractivity contribution in [3.05, 3.63) is 12.2 Å². The summed E-state index contributed by atoms with van der Waals surface area (Å²) in [6.07, 6.45) is 28.6. The minimum atomic E-state index is -0.899. The number of unbranched alkanes of at least 4 members (excludes halogenated alkanes) is 15. The number of carboxylic acids is 1. The van der Waals surface area contributed by atoms with Crippen LogP contribution in [0.1, 0.15) is 142 Å². The van der Waals surface area contributed by atoms with Crippen LogP contribution in [0.5, 0.6) is 0 Å². The zero-order chi connectivity index (χ0) is 24.9. The highest BCUT2D eigenvalue weighted by Crippen LogP contribution is 2.27. The first-order chi connectivity index (χ1) is 16.6. The maximum absolute atomic E-state index is 12.2. The summed E-state index contributed by atoms with van der Waals surface area (Å²) in [6, 6.07) is 0. The highest BCUT2D eigenvalue weighted by molar-refractivity contribution is 5.81. The van der Waals surface area contributed by atoms with Gasteiger partial charge in [0, 0.05) is 0 Å². The first-order valence-electron chi connectivity index (χ1n) is 14.6. The molecule has 1 aliphatic carbocycles. The molecule has 0 aliphatic heterocycles. The van der Waals surface area contributed by atoms with E-state index in [0.717, 1.165) is 18.8 Å². The quantitative estimate of drug-likeness (QED) is 0.0958. The molecule has 0 aromatic rings. The second kappa shape index (κ2) is 21.0. The molecule has 0 bridgehead atoms. The molecule has 1 N–H and O–H groups in total. The first kappa shape index (κ1) is 30.7. The van der Waals surface area contributed by atoms with Crippen LogP contribution < -0.4 is 0 Å². The molecule has 0 spiro atoms. The van der Waals surface area contributed by atoms with Crippen molar-refractivity contribution in [1.82, 2.24) is 0 Å². The van der Waals surface area contributed by atoms with Crippen molar-refractivity contribution >= 4 is 11.9 Å². The molecule has 3 unspecified atom stereocenters. The third-order valence-electron chi connectivity index (χ3n) is 7.58. The van der Waals surface area contributed by atoms with Gasteiger partial charge in [0.05, 0.1) is 18.4 Å². The molecule has 0 amide bonds. The van der Waals surface area contributed by atoms with Gasteiger partial charge in [0.25, 0.3) is 0 Å². The number of ether oxygens (including phenoxy) is 1. The molecule has 1 aliphatic rings. The molecule has 0 saturated carbocycles. The highest BCUT2D eigenvalue weighted by atomic mass is 16.5. The monoisotopic (exact) mass is 478 g/mol. The normalized spacial score (nSPS) is 18.6. The number of esters is 1. The number of carbonyl (C=O) groups is 2. The molecule has 0 aromatic heterocycles. The fraction of sp³-hybridized carbons (Fsp3) is 0.867. The van der Waals surface area contributed by atoms with Crippen molar-refractivity contribution in [2.45, 2.75) is 142 Å². The van der Waals surface area contributed by atoms with Crippen LogP contribution in [0.2, 0.25) is 0 Å². The van der Waals surface area contributed by atoms with E-state index < -0.39 is 17.8 Å². The van der Waals surface area contributed by atoms with E-state index in [2.05, 4.69) is 13.8 Å². The summed E-state index contributed by atoms with van der Waals surface area (Å²) in [5.74, 6) is -1.48. The molecule has 198 valence electrons. The van der Waals surface area contributed by atoms with E-state index >= 15 is 0 Å². The van der Waals surface area contributed by atoms with Crippen LogP contribution in [0.25, 0.3) is 0 Å². The minimum Gasteiger partial charge on any atom is -0.481 e. The Morgan fingerprint density at radius 2 is 1.15 bits per heavy atom. The van der Waals surface area contributed by atoms with Gasteiger partial charge in [-0.05, 0) is 25.2 Å². The number of aliphatic carboxylic acids is 1. The van der Waals surface area contributed by atoms with E-state index in [0.29, 0.717) is 19.4 Å². The summed E-state index contributed by atoms with van der Waals surface area (Å²) in [5.41, 5.74) is 0. The smallest absolute Gasteiger partial charge is 0.310 e. The summed E-state index contributed by atoms with van der Waals surface area (Å²) in [4.78, 5) is 23.5. The minimum absolute atomic E-state index is 0.339. The lowest BCUT2D eigenvalue weighted by Crippen LogP contribution is -2.32. The molecule has 0 aromatic carbocycles. The summed E-state index contributed by atoms with van der Waals surface area (Å²) in [5, 5.41) is 9.26. The van der Waals surface area contributed by atoms with Gasteiger partial charge < -0.3 is 9.84 Å². The lowest BCUT2D eigenvalue weighted by molar-refractivity contribution is -0.158. The molecule has 0 fully saturated rings. The number of rotatable bonds is 22. The summed E-state index contributed by atoms with van der Waals surface area (Å²) in [7, 11) is 0. The summed E-state index contributed by atoms with van der Waals surface area (Å²) >= 11 is 0.